The summed E-state index contributed by atoms with van der Waals surface area (Å²) >= 11 is 0. The molecule has 2 heterocycles. The van der Waals surface area contributed by atoms with E-state index in [1.54, 1.807) is 0 Å². The van der Waals surface area contributed by atoms with Gasteiger partial charge in [0.25, 0.3) is 5.91 Å². The Balaban J connectivity index is 1.76. The maximum atomic E-state index is 11.8. The van der Waals surface area contributed by atoms with Crippen LogP contribution < -0.4 is 5.32 Å². The first kappa shape index (κ1) is 18.9. The van der Waals surface area contributed by atoms with E-state index in [9.17, 15) is 9.90 Å². The van der Waals surface area contributed by atoms with Crippen LogP contribution in [0.2, 0.25) is 0 Å². The van der Waals surface area contributed by atoms with E-state index in [1.807, 2.05) is 20.8 Å². The van der Waals surface area contributed by atoms with Gasteiger partial charge in [-0.25, -0.2) is 4.98 Å². The van der Waals surface area contributed by atoms with Crippen LogP contribution in [-0.2, 0) is 6.54 Å². The van der Waals surface area contributed by atoms with E-state index in [0.29, 0.717) is 24.7 Å². The SMILES string of the molecule is CCCNC(=O)c1coc(CN2CCN(C[C@H](O)C(C)C)CC2)n1. The molecule has 7 nitrogen and oxygen atoms in total. The second-order valence-electron chi connectivity index (χ2n) is 6.77. The molecule has 1 atom stereocenters. The molecule has 1 aromatic heterocycles. The normalized spacial score (nSPS) is 18.0. The number of aliphatic hydroxyl groups is 1. The number of carbonyl (C=O) groups is 1. The summed E-state index contributed by atoms with van der Waals surface area (Å²) in [6, 6.07) is 0. The van der Waals surface area contributed by atoms with Crippen LogP contribution in [0, 0.1) is 5.92 Å². The number of rotatable bonds is 8. The van der Waals surface area contributed by atoms with Crippen molar-refractivity contribution in [2.45, 2.75) is 39.8 Å². The lowest BCUT2D eigenvalue weighted by atomic mass is 10.1. The Hall–Kier alpha value is -1.44. The standard InChI is InChI=1S/C17H30N4O3/c1-4-5-18-17(23)14-12-24-16(19-14)11-21-8-6-20(7-9-21)10-15(22)13(2)3/h12-13,15,22H,4-11H2,1-3H3,(H,18,23)/t15-/m0/s1. The van der Waals surface area contributed by atoms with Crippen molar-refractivity contribution < 1.29 is 14.3 Å². The Morgan fingerprint density at radius 2 is 2.00 bits per heavy atom. The van der Waals surface area contributed by atoms with Gasteiger partial charge >= 0.3 is 0 Å². The quantitative estimate of drug-likeness (QED) is 0.734. The second kappa shape index (κ2) is 9.15. The lowest BCUT2D eigenvalue weighted by Gasteiger charge is -2.35. The van der Waals surface area contributed by atoms with Crippen molar-refractivity contribution in [1.29, 1.82) is 0 Å². The van der Waals surface area contributed by atoms with Gasteiger partial charge in [0.1, 0.15) is 6.26 Å². The van der Waals surface area contributed by atoms with Gasteiger partial charge in [-0.05, 0) is 12.3 Å². The molecule has 0 aromatic carbocycles. The fourth-order valence-electron chi connectivity index (χ4n) is 2.61. The third-order valence-corrected chi connectivity index (χ3v) is 4.36. The van der Waals surface area contributed by atoms with Crippen LogP contribution in [-0.4, -0.2) is 71.2 Å². The van der Waals surface area contributed by atoms with Crippen molar-refractivity contribution in [3.63, 3.8) is 0 Å². The molecule has 0 spiro atoms. The summed E-state index contributed by atoms with van der Waals surface area (Å²) in [5, 5.41) is 12.8. The van der Waals surface area contributed by atoms with Crippen LogP contribution in [0.1, 0.15) is 43.6 Å². The molecule has 1 aromatic rings. The van der Waals surface area contributed by atoms with Crippen molar-refractivity contribution in [2.24, 2.45) is 5.92 Å². The first-order valence-electron chi connectivity index (χ1n) is 8.85. The van der Waals surface area contributed by atoms with Gasteiger partial charge in [-0.15, -0.1) is 0 Å². The van der Waals surface area contributed by atoms with Gasteiger partial charge < -0.3 is 14.8 Å². The van der Waals surface area contributed by atoms with Crippen LogP contribution in [0.25, 0.3) is 0 Å². The number of oxazole rings is 1. The molecule has 7 heteroatoms. The summed E-state index contributed by atoms with van der Waals surface area (Å²) < 4.78 is 5.42. The van der Waals surface area contributed by atoms with Gasteiger partial charge in [-0.3, -0.25) is 14.6 Å². The molecule has 136 valence electrons. The average Bonchev–Trinajstić information content (AvgIpc) is 3.03. The molecule has 0 unspecified atom stereocenters. The minimum Gasteiger partial charge on any atom is -0.447 e. The summed E-state index contributed by atoms with van der Waals surface area (Å²) in [7, 11) is 0. The first-order chi connectivity index (χ1) is 11.5. The van der Waals surface area contributed by atoms with Gasteiger partial charge in [0.15, 0.2) is 5.69 Å². The molecule has 24 heavy (non-hydrogen) atoms. The van der Waals surface area contributed by atoms with Gasteiger partial charge in [0, 0.05) is 39.3 Å². The molecular weight excluding hydrogens is 308 g/mol. The Labute approximate surface area is 144 Å². The molecule has 1 aliphatic heterocycles. The number of aromatic nitrogens is 1. The van der Waals surface area contributed by atoms with Gasteiger partial charge in [-0.2, -0.15) is 0 Å². The fraction of sp³-hybridized carbons (Fsp3) is 0.765. The highest BCUT2D eigenvalue weighted by molar-refractivity contribution is 5.91. The zero-order chi connectivity index (χ0) is 17.5. The molecule has 1 aliphatic rings. The van der Waals surface area contributed by atoms with Gasteiger partial charge in [0.2, 0.25) is 5.89 Å². The monoisotopic (exact) mass is 338 g/mol. The van der Waals surface area contributed by atoms with E-state index in [4.69, 9.17) is 4.42 Å². The van der Waals surface area contributed by atoms with Gasteiger partial charge in [0.05, 0.1) is 12.6 Å². The number of nitrogens with one attached hydrogen (secondary N) is 1. The molecule has 1 amide bonds. The Kier molecular flexibility index (Phi) is 7.20. The summed E-state index contributed by atoms with van der Waals surface area (Å²) in [5.41, 5.74) is 0.345. The molecule has 0 aliphatic carbocycles. The number of piperazine rings is 1. The van der Waals surface area contributed by atoms with E-state index >= 15 is 0 Å². The topological polar surface area (TPSA) is 81.8 Å². The Morgan fingerprint density at radius 3 is 2.62 bits per heavy atom. The van der Waals surface area contributed by atoms with E-state index in [2.05, 4.69) is 20.1 Å². The number of hydrogen-bond acceptors (Lipinski definition) is 6. The van der Waals surface area contributed by atoms with Crippen LogP contribution in [0.5, 0.6) is 0 Å². The van der Waals surface area contributed by atoms with Crippen molar-refractivity contribution in [3.8, 4) is 0 Å². The zero-order valence-electron chi connectivity index (χ0n) is 15.0. The predicted octanol–water partition coefficient (Wildman–Crippen LogP) is 0.949. The summed E-state index contributed by atoms with van der Waals surface area (Å²) in [4.78, 5) is 20.7. The van der Waals surface area contributed by atoms with Gasteiger partial charge in [-0.1, -0.05) is 20.8 Å². The predicted molar refractivity (Wildman–Crippen MR) is 91.7 cm³/mol. The Morgan fingerprint density at radius 1 is 1.33 bits per heavy atom. The maximum absolute atomic E-state index is 11.8. The third kappa shape index (κ3) is 5.58. The molecule has 2 rings (SSSR count). The summed E-state index contributed by atoms with van der Waals surface area (Å²) in [6.07, 6.45) is 2.05. The van der Waals surface area contributed by atoms with Crippen LogP contribution >= 0.6 is 0 Å². The van der Waals surface area contributed by atoms with Crippen molar-refractivity contribution in [1.82, 2.24) is 20.1 Å². The number of aliphatic hydroxyl groups excluding tert-OH is 1. The number of nitrogens with zero attached hydrogens (tertiary/aromatic N) is 3. The Bertz CT molecular complexity index is 510. The highest BCUT2D eigenvalue weighted by atomic mass is 16.3. The fourth-order valence-corrected chi connectivity index (χ4v) is 2.61. The minimum atomic E-state index is -0.271. The molecule has 1 fully saturated rings. The zero-order valence-corrected chi connectivity index (χ0v) is 15.0. The lowest BCUT2D eigenvalue weighted by Crippen LogP contribution is -2.48. The third-order valence-electron chi connectivity index (χ3n) is 4.36. The minimum absolute atomic E-state index is 0.181. The number of hydrogen-bond donors (Lipinski definition) is 2. The van der Waals surface area contributed by atoms with Crippen LogP contribution in [0.4, 0.5) is 0 Å². The summed E-state index contributed by atoms with van der Waals surface area (Å²) in [5.74, 6) is 0.680. The first-order valence-corrected chi connectivity index (χ1v) is 8.85. The van der Waals surface area contributed by atoms with E-state index in [-0.39, 0.29) is 17.9 Å². The molecule has 0 bridgehead atoms. The van der Waals surface area contributed by atoms with E-state index in [0.717, 1.165) is 39.1 Å². The van der Waals surface area contributed by atoms with Crippen molar-refractivity contribution in [2.75, 3.05) is 39.3 Å². The second-order valence-corrected chi connectivity index (χ2v) is 6.77. The number of amides is 1. The maximum Gasteiger partial charge on any atom is 0.273 e. The van der Waals surface area contributed by atoms with E-state index in [1.165, 1.54) is 6.26 Å². The largest absolute Gasteiger partial charge is 0.447 e. The molecule has 0 radical (unpaired) electrons. The molecule has 1 saturated heterocycles. The molecular formula is C17H30N4O3. The lowest BCUT2D eigenvalue weighted by molar-refractivity contribution is 0.0463. The number of β-amino-alcohol motifs (C(OH)–C–C–N with tert-alkyl or cyclic N) is 1. The molecule has 0 saturated carbocycles. The van der Waals surface area contributed by atoms with Crippen LogP contribution in [0.3, 0.4) is 0 Å². The van der Waals surface area contributed by atoms with Crippen LogP contribution in [0.15, 0.2) is 10.7 Å². The van der Waals surface area contributed by atoms with Crippen molar-refractivity contribution >= 4 is 5.91 Å². The highest BCUT2D eigenvalue weighted by Gasteiger charge is 2.22. The highest BCUT2D eigenvalue weighted by Crippen LogP contribution is 2.11. The summed E-state index contributed by atoms with van der Waals surface area (Å²) in [6.45, 7) is 11.7. The number of carbonyl (C=O) groups excluding carboxylic acids is 1. The van der Waals surface area contributed by atoms with Crippen molar-refractivity contribution in [3.05, 3.63) is 17.8 Å². The average molecular weight is 338 g/mol. The van der Waals surface area contributed by atoms with E-state index < -0.39 is 0 Å². The smallest absolute Gasteiger partial charge is 0.273 e. The molecule has 2 N–H and O–H groups in total.